The quantitative estimate of drug-likeness (QED) is 0.684. The van der Waals surface area contributed by atoms with E-state index in [1.807, 2.05) is 4.90 Å². The number of piperidine rings is 1. The van der Waals surface area contributed by atoms with Gasteiger partial charge in [-0.2, -0.15) is 0 Å². The summed E-state index contributed by atoms with van der Waals surface area (Å²) in [6, 6.07) is -0.00667. The minimum atomic E-state index is -0.316. The molecule has 0 spiro atoms. The zero-order valence-electron chi connectivity index (χ0n) is 9.82. The third kappa shape index (κ3) is 2.95. The second-order valence-corrected chi connectivity index (χ2v) is 4.94. The number of hydrogen-bond donors (Lipinski definition) is 2. The molecule has 0 aliphatic carbocycles. The molecule has 2 rings (SSSR count). The lowest BCUT2D eigenvalue weighted by Crippen LogP contribution is -2.50. The van der Waals surface area contributed by atoms with Gasteiger partial charge in [0.05, 0.1) is 12.1 Å². The molecule has 1 unspecified atom stereocenters. The molecule has 0 saturated carbocycles. The first-order chi connectivity index (χ1) is 7.77. The Hall–Kier alpha value is -0.610. The van der Waals surface area contributed by atoms with Crippen LogP contribution < -0.4 is 5.32 Å². The molecular formula is C12H22N2O2. The maximum Gasteiger partial charge on any atom is 0.239 e. The van der Waals surface area contributed by atoms with Crippen molar-refractivity contribution in [2.75, 3.05) is 19.6 Å². The van der Waals surface area contributed by atoms with Crippen LogP contribution in [0, 0.1) is 0 Å². The van der Waals surface area contributed by atoms with E-state index in [0.717, 1.165) is 38.8 Å². The lowest BCUT2D eigenvalue weighted by Gasteiger charge is -2.32. The fourth-order valence-electron chi connectivity index (χ4n) is 2.61. The van der Waals surface area contributed by atoms with E-state index in [4.69, 9.17) is 0 Å². The van der Waals surface area contributed by atoms with Crippen LogP contribution in [-0.2, 0) is 4.79 Å². The maximum absolute atomic E-state index is 12.2. The van der Waals surface area contributed by atoms with Crippen LogP contribution >= 0.6 is 0 Å². The minimum Gasteiger partial charge on any atom is -0.391 e. The number of rotatable bonds is 1. The van der Waals surface area contributed by atoms with E-state index in [9.17, 15) is 9.90 Å². The maximum atomic E-state index is 12.2. The van der Waals surface area contributed by atoms with Crippen molar-refractivity contribution in [1.82, 2.24) is 10.2 Å². The van der Waals surface area contributed by atoms with E-state index in [-0.39, 0.29) is 18.1 Å². The zero-order valence-corrected chi connectivity index (χ0v) is 9.82. The number of nitrogens with zero attached hydrogens (tertiary/aromatic N) is 1. The van der Waals surface area contributed by atoms with Gasteiger partial charge in [-0.1, -0.05) is 12.8 Å². The summed E-state index contributed by atoms with van der Waals surface area (Å²) < 4.78 is 0. The summed E-state index contributed by atoms with van der Waals surface area (Å²) in [4.78, 5) is 14.0. The van der Waals surface area contributed by atoms with Gasteiger partial charge >= 0.3 is 0 Å². The first-order valence-corrected chi connectivity index (χ1v) is 6.47. The van der Waals surface area contributed by atoms with E-state index in [1.54, 1.807) is 0 Å². The van der Waals surface area contributed by atoms with Crippen LogP contribution in [-0.4, -0.2) is 47.7 Å². The van der Waals surface area contributed by atoms with Gasteiger partial charge in [-0.05, 0) is 32.2 Å². The fourth-order valence-corrected chi connectivity index (χ4v) is 2.61. The largest absolute Gasteiger partial charge is 0.391 e. The second kappa shape index (κ2) is 5.64. The predicted molar refractivity (Wildman–Crippen MR) is 62.1 cm³/mol. The normalized spacial score (nSPS) is 32.2. The highest BCUT2D eigenvalue weighted by Gasteiger charge is 2.28. The van der Waals surface area contributed by atoms with Gasteiger partial charge in [0.25, 0.3) is 0 Å². The summed E-state index contributed by atoms with van der Waals surface area (Å²) in [6.45, 7) is 2.29. The highest BCUT2D eigenvalue weighted by molar-refractivity contribution is 5.82. The van der Waals surface area contributed by atoms with Crippen LogP contribution in [0.4, 0.5) is 0 Å². The van der Waals surface area contributed by atoms with Crippen molar-refractivity contribution in [3.05, 3.63) is 0 Å². The van der Waals surface area contributed by atoms with Crippen LogP contribution in [0.25, 0.3) is 0 Å². The number of hydrogen-bond acceptors (Lipinski definition) is 3. The summed E-state index contributed by atoms with van der Waals surface area (Å²) in [7, 11) is 0. The van der Waals surface area contributed by atoms with Crippen LogP contribution in [0.3, 0.4) is 0 Å². The van der Waals surface area contributed by atoms with Crippen molar-refractivity contribution >= 4 is 5.91 Å². The molecule has 2 aliphatic heterocycles. The molecule has 4 nitrogen and oxygen atoms in total. The van der Waals surface area contributed by atoms with Gasteiger partial charge < -0.3 is 15.3 Å². The Morgan fingerprint density at radius 2 is 2.06 bits per heavy atom. The average Bonchev–Trinajstić information content (AvgIpc) is 2.56. The van der Waals surface area contributed by atoms with Gasteiger partial charge in [0, 0.05) is 13.1 Å². The molecule has 16 heavy (non-hydrogen) atoms. The number of β-amino-alcohol motifs (C(OH)–C–C–N with tert-alkyl or cyclic N) is 1. The van der Waals surface area contributed by atoms with Crippen LogP contribution in [0.2, 0.25) is 0 Å². The molecule has 0 bridgehead atoms. The van der Waals surface area contributed by atoms with Gasteiger partial charge in [0.1, 0.15) is 0 Å². The second-order valence-electron chi connectivity index (χ2n) is 4.94. The fraction of sp³-hybridized carbons (Fsp3) is 0.917. The van der Waals surface area contributed by atoms with Crippen molar-refractivity contribution < 1.29 is 9.90 Å². The molecule has 2 aliphatic rings. The van der Waals surface area contributed by atoms with Crippen molar-refractivity contribution in [2.24, 2.45) is 0 Å². The molecule has 0 radical (unpaired) electrons. The summed E-state index contributed by atoms with van der Waals surface area (Å²) in [5, 5.41) is 12.9. The molecule has 1 amide bonds. The highest BCUT2D eigenvalue weighted by atomic mass is 16.3. The highest BCUT2D eigenvalue weighted by Crippen LogP contribution is 2.15. The molecular weight excluding hydrogens is 204 g/mol. The Kier molecular flexibility index (Phi) is 4.18. The van der Waals surface area contributed by atoms with Gasteiger partial charge in [-0.25, -0.2) is 0 Å². The van der Waals surface area contributed by atoms with Crippen LogP contribution in [0.1, 0.15) is 38.5 Å². The van der Waals surface area contributed by atoms with E-state index < -0.39 is 0 Å². The van der Waals surface area contributed by atoms with Crippen molar-refractivity contribution in [2.45, 2.75) is 50.7 Å². The Bertz CT molecular complexity index is 233. The molecule has 92 valence electrons. The van der Waals surface area contributed by atoms with Gasteiger partial charge in [0.2, 0.25) is 5.91 Å². The number of amides is 1. The van der Waals surface area contributed by atoms with Crippen molar-refractivity contribution in [3.63, 3.8) is 0 Å². The van der Waals surface area contributed by atoms with E-state index >= 15 is 0 Å². The Balaban J connectivity index is 1.89. The summed E-state index contributed by atoms with van der Waals surface area (Å²) in [5.74, 6) is 0.195. The third-order valence-electron chi connectivity index (χ3n) is 3.57. The zero-order chi connectivity index (χ0) is 11.4. The number of carbonyl (C=O) groups is 1. The SMILES string of the molecule is O=C(C1CCCCCN1)N1CCC[C@H](O)C1. The minimum absolute atomic E-state index is 0.00667. The van der Waals surface area contributed by atoms with Crippen molar-refractivity contribution in [3.8, 4) is 0 Å². The number of aliphatic hydroxyl groups is 1. The average molecular weight is 226 g/mol. The first kappa shape index (κ1) is 11.9. The Morgan fingerprint density at radius 3 is 2.88 bits per heavy atom. The predicted octanol–water partition coefficient (Wildman–Crippen LogP) is 0.502. The summed E-state index contributed by atoms with van der Waals surface area (Å²) >= 11 is 0. The Morgan fingerprint density at radius 1 is 1.19 bits per heavy atom. The molecule has 4 heteroatoms. The number of nitrogens with one attached hydrogen (secondary N) is 1. The molecule has 2 atom stereocenters. The standard InChI is InChI=1S/C12H22N2O2/c15-10-5-4-8-14(9-10)12(16)11-6-2-1-3-7-13-11/h10-11,13,15H,1-9H2/t10-,11?/m0/s1. The van der Waals surface area contributed by atoms with Gasteiger partial charge in [-0.3, -0.25) is 4.79 Å². The first-order valence-electron chi connectivity index (χ1n) is 6.47. The van der Waals surface area contributed by atoms with E-state index in [1.165, 1.54) is 12.8 Å². The third-order valence-corrected chi connectivity index (χ3v) is 3.57. The molecule has 2 fully saturated rings. The summed E-state index contributed by atoms with van der Waals surface area (Å²) in [5.41, 5.74) is 0. The molecule has 2 saturated heterocycles. The molecule has 0 aromatic rings. The van der Waals surface area contributed by atoms with Crippen molar-refractivity contribution in [1.29, 1.82) is 0 Å². The lowest BCUT2D eigenvalue weighted by atomic mass is 10.1. The van der Waals surface area contributed by atoms with Crippen LogP contribution in [0.5, 0.6) is 0 Å². The number of aliphatic hydroxyl groups excluding tert-OH is 1. The molecule has 0 aromatic heterocycles. The molecule has 2 heterocycles. The number of likely N-dealkylation sites (tertiary alicyclic amines) is 1. The summed E-state index contributed by atoms with van der Waals surface area (Å²) in [6.07, 6.45) is 5.93. The van der Waals surface area contributed by atoms with E-state index in [0.29, 0.717) is 6.54 Å². The van der Waals surface area contributed by atoms with Gasteiger partial charge in [-0.15, -0.1) is 0 Å². The van der Waals surface area contributed by atoms with Crippen LogP contribution in [0.15, 0.2) is 0 Å². The molecule has 0 aromatic carbocycles. The van der Waals surface area contributed by atoms with E-state index in [2.05, 4.69) is 5.32 Å². The topological polar surface area (TPSA) is 52.6 Å². The smallest absolute Gasteiger partial charge is 0.239 e. The van der Waals surface area contributed by atoms with Gasteiger partial charge in [0.15, 0.2) is 0 Å². The monoisotopic (exact) mass is 226 g/mol. The molecule has 2 N–H and O–H groups in total. The Labute approximate surface area is 97.0 Å². The number of carbonyl (C=O) groups excluding carboxylic acids is 1. The lowest BCUT2D eigenvalue weighted by molar-refractivity contribution is -0.136.